The number of aliphatic carboxylic acids is 1. The van der Waals surface area contributed by atoms with Crippen LogP contribution in [0.5, 0.6) is 0 Å². The Bertz CT molecular complexity index is 500. The zero-order valence-electron chi connectivity index (χ0n) is 12.7. The van der Waals surface area contributed by atoms with Gasteiger partial charge in [0, 0.05) is 5.92 Å². The smallest absolute Gasteiger partial charge is 0.311 e. The van der Waals surface area contributed by atoms with Crippen LogP contribution in [0, 0.1) is 11.3 Å². The van der Waals surface area contributed by atoms with E-state index in [1.54, 1.807) is 4.68 Å². The molecule has 1 N–H and O–H groups in total. The molecule has 0 bridgehead atoms. The van der Waals surface area contributed by atoms with E-state index in [1.165, 1.54) is 12.8 Å². The van der Waals surface area contributed by atoms with Gasteiger partial charge in [-0.15, -0.1) is 5.10 Å². The molecule has 1 aromatic heterocycles. The molecule has 2 saturated carbocycles. The first-order valence-corrected chi connectivity index (χ1v) is 8.10. The molecular weight excluding hydrogens is 268 g/mol. The Labute approximate surface area is 124 Å². The number of nitrogens with zero attached hydrogens (tertiary/aromatic N) is 4. The Morgan fingerprint density at radius 2 is 1.95 bits per heavy atom. The molecule has 0 unspecified atom stereocenters. The standard InChI is InChI=1S/C15H24N4O2/c1-11-4-6-12(7-5-11)13-16-17-18-19(13)10-15(14(20)21)8-2-3-9-15/h11-12H,2-10H2,1H3,(H,20,21). The van der Waals surface area contributed by atoms with E-state index >= 15 is 0 Å². The van der Waals surface area contributed by atoms with Gasteiger partial charge in [0.2, 0.25) is 0 Å². The van der Waals surface area contributed by atoms with Crippen molar-refractivity contribution in [2.45, 2.75) is 70.8 Å². The van der Waals surface area contributed by atoms with Crippen molar-refractivity contribution in [3.05, 3.63) is 5.82 Å². The van der Waals surface area contributed by atoms with Crippen molar-refractivity contribution in [2.75, 3.05) is 0 Å². The molecule has 2 aliphatic carbocycles. The summed E-state index contributed by atoms with van der Waals surface area (Å²) in [5, 5.41) is 21.7. The molecule has 1 aromatic rings. The lowest BCUT2D eigenvalue weighted by Crippen LogP contribution is -2.34. The van der Waals surface area contributed by atoms with Crippen molar-refractivity contribution in [2.24, 2.45) is 11.3 Å². The Hall–Kier alpha value is -1.46. The van der Waals surface area contributed by atoms with Crippen molar-refractivity contribution in [3.63, 3.8) is 0 Å². The van der Waals surface area contributed by atoms with Gasteiger partial charge < -0.3 is 5.11 Å². The molecule has 6 nitrogen and oxygen atoms in total. The largest absolute Gasteiger partial charge is 0.481 e. The summed E-state index contributed by atoms with van der Waals surface area (Å²) in [6.07, 6.45) is 8.11. The fourth-order valence-electron chi connectivity index (χ4n) is 3.91. The molecule has 21 heavy (non-hydrogen) atoms. The molecular formula is C15H24N4O2. The van der Waals surface area contributed by atoms with Gasteiger partial charge in [0.25, 0.3) is 0 Å². The highest BCUT2D eigenvalue weighted by molar-refractivity contribution is 5.74. The summed E-state index contributed by atoms with van der Waals surface area (Å²) in [6.45, 7) is 2.72. The lowest BCUT2D eigenvalue weighted by Gasteiger charge is -2.27. The third-order valence-electron chi connectivity index (χ3n) is 5.41. The SMILES string of the molecule is CC1CCC(c2nnnn2CC2(C(=O)O)CCCC2)CC1. The second kappa shape index (κ2) is 5.73. The molecule has 2 fully saturated rings. The Balaban J connectivity index is 1.77. The van der Waals surface area contributed by atoms with Crippen LogP contribution in [0.2, 0.25) is 0 Å². The fourth-order valence-corrected chi connectivity index (χ4v) is 3.91. The maximum Gasteiger partial charge on any atom is 0.311 e. The van der Waals surface area contributed by atoms with Gasteiger partial charge in [-0.3, -0.25) is 4.79 Å². The third kappa shape index (κ3) is 2.80. The van der Waals surface area contributed by atoms with E-state index in [2.05, 4.69) is 22.4 Å². The van der Waals surface area contributed by atoms with E-state index < -0.39 is 11.4 Å². The van der Waals surface area contributed by atoms with Crippen molar-refractivity contribution in [3.8, 4) is 0 Å². The van der Waals surface area contributed by atoms with Crippen LogP contribution >= 0.6 is 0 Å². The summed E-state index contributed by atoms with van der Waals surface area (Å²) in [7, 11) is 0. The lowest BCUT2D eigenvalue weighted by atomic mass is 9.82. The predicted octanol–water partition coefficient (Wildman–Crippen LogP) is 2.61. The van der Waals surface area contributed by atoms with Gasteiger partial charge in [-0.2, -0.15) is 0 Å². The average Bonchev–Trinajstić information content (AvgIpc) is 3.10. The Kier molecular flexibility index (Phi) is 3.95. The monoisotopic (exact) mass is 292 g/mol. The summed E-state index contributed by atoms with van der Waals surface area (Å²) < 4.78 is 1.78. The van der Waals surface area contributed by atoms with Crippen LogP contribution in [-0.2, 0) is 11.3 Å². The maximum atomic E-state index is 11.7. The number of tetrazole rings is 1. The number of carbonyl (C=O) groups is 1. The topological polar surface area (TPSA) is 80.9 Å². The van der Waals surface area contributed by atoms with Crippen molar-refractivity contribution in [1.29, 1.82) is 0 Å². The van der Waals surface area contributed by atoms with E-state index in [4.69, 9.17) is 0 Å². The second-order valence-electron chi connectivity index (χ2n) is 6.94. The number of carboxylic acid groups (broad SMARTS) is 1. The molecule has 0 spiro atoms. The molecule has 0 atom stereocenters. The van der Waals surface area contributed by atoms with Crippen LogP contribution in [0.3, 0.4) is 0 Å². The van der Waals surface area contributed by atoms with Crippen LogP contribution in [0.15, 0.2) is 0 Å². The van der Waals surface area contributed by atoms with Gasteiger partial charge in [0.05, 0.1) is 12.0 Å². The van der Waals surface area contributed by atoms with Crippen LogP contribution < -0.4 is 0 Å². The second-order valence-corrected chi connectivity index (χ2v) is 6.94. The summed E-state index contributed by atoms with van der Waals surface area (Å²) in [4.78, 5) is 11.7. The van der Waals surface area contributed by atoms with Gasteiger partial charge in [-0.1, -0.05) is 32.6 Å². The first-order valence-electron chi connectivity index (χ1n) is 8.10. The third-order valence-corrected chi connectivity index (χ3v) is 5.41. The average molecular weight is 292 g/mol. The molecule has 116 valence electrons. The molecule has 0 aliphatic heterocycles. The van der Waals surface area contributed by atoms with Crippen molar-refractivity contribution < 1.29 is 9.90 Å². The lowest BCUT2D eigenvalue weighted by molar-refractivity contribution is -0.149. The minimum absolute atomic E-state index is 0.392. The molecule has 2 aliphatic rings. The van der Waals surface area contributed by atoms with Crippen LogP contribution in [0.1, 0.15) is 70.0 Å². The minimum atomic E-state index is -0.696. The normalized spacial score (nSPS) is 28.6. The van der Waals surface area contributed by atoms with E-state index in [9.17, 15) is 9.90 Å². The number of hydrogen-bond acceptors (Lipinski definition) is 4. The summed E-state index contributed by atoms with van der Waals surface area (Å²) >= 11 is 0. The quantitative estimate of drug-likeness (QED) is 0.922. The highest BCUT2D eigenvalue weighted by atomic mass is 16.4. The van der Waals surface area contributed by atoms with E-state index in [0.717, 1.165) is 50.3 Å². The van der Waals surface area contributed by atoms with Crippen LogP contribution in [0.4, 0.5) is 0 Å². The first-order chi connectivity index (χ1) is 10.1. The zero-order valence-corrected chi connectivity index (χ0v) is 12.7. The van der Waals surface area contributed by atoms with Gasteiger partial charge >= 0.3 is 5.97 Å². The number of hydrogen-bond donors (Lipinski definition) is 1. The predicted molar refractivity (Wildman–Crippen MR) is 76.7 cm³/mol. The fraction of sp³-hybridized carbons (Fsp3) is 0.867. The molecule has 3 rings (SSSR count). The van der Waals surface area contributed by atoms with Crippen LogP contribution in [-0.4, -0.2) is 31.3 Å². The minimum Gasteiger partial charge on any atom is -0.481 e. The molecule has 0 radical (unpaired) electrons. The number of carboxylic acids is 1. The molecule has 6 heteroatoms. The van der Waals surface area contributed by atoms with E-state index in [1.807, 2.05) is 0 Å². The van der Waals surface area contributed by atoms with Gasteiger partial charge in [0.15, 0.2) is 5.82 Å². The maximum absolute atomic E-state index is 11.7. The zero-order chi connectivity index (χ0) is 14.9. The van der Waals surface area contributed by atoms with Crippen molar-refractivity contribution >= 4 is 5.97 Å². The van der Waals surface area contributed by atoms with Crippen molar-refractivity contribution in [1.82, 2.24) is 20.2 Å². The highest BCUT2D eigenvalue weighted by Crippen LogP contribution is 2.41. The van der Waals surface area contributed by atoms with Gasteiger partial charge in [0.1, 0.15) is 0 Å². The summed E-state index contributed by atoms with van der Waals surface area (Å²) in [5.74, 6) is 1.38. The van der Waals surface area contributed by atoms with Gasteiger partial charge in [-0.05, 0) is 42.0 Å². The van der Waals surface area contributed by atoms with Gasteiger partial charge in [-0.25, -0.2) is 4.68 Å². The van der Waals surface area contributed by atoms with E-state index in [0.29, 0.717) is 12.5 Å². The Morgan fingerprint density at radius 1 is 1.29 bits per heavy atom. The summed E-state index contributed by atoms with van der Waals surface area (Å²) in [5.41, 5.74) is -0.661. The highest BCUT2D eigenvalue weighted by Gasteiger charge is 2.43. The molecule has 0 aromatic carbocycles. The molecule has 0 amide bonds. The molecule has 0 saturated heterocycles. The Morgan fingerprint density at radius 3 is 2.57 bits per heavy atom. The van der Waals surface area contributed by atoms with Crippen LogP contribution in [0.25, 0.3) is 0 Å². The summed E-state index contributed by atoms with van der Waals surface area (Å²) in [6, 6.07) is 0. The van der Waals surface area contributed by atoms with E-state index in [-0.39, 0.29) is 0 Å². The number of aromatic nitrogens is 4. The first kappa shape index (κ1) is 14.5. The number of rotatable bonds is 4. The molecule has 1 heterocycles.